The summed E-state index contributed by atoms with van der Waals surface area (Å²) in [5.41, 5.74) is 0. The lowest BCUT2D eigenvalue weighted by Crippen LogP contribution is -2.04. The second-order valence-corrected chi connectivity index (χ2v) is 8.20. The monoisotopic (exact) mass is 424 g/mol. The molecule has 0 radical (unpaired) electrons. The molecule has 0 aromatic carbocycles. The van der Waals surface area contributed by atoms with Gasteiger partial charge in [0.05, 0.1) is 6.61 Å². The first kappa shape index (κ1) is 28.7. The number of allylic oxidation sites excluding steroid dienone is 1. The van der Waals surface area contributed by atoms with Crippen LogP contribution >= 0.6 is 0 Å². The quantitative estimate of drug-likeness (QED) is 0.101. The number of hydrogen-bond acceptors (Lipinski definition) is 4. The van der Waals surface area contributed by atoms with Gasteiger partial charge in [0, 0.05) is 12.8 Å². The van der Waals surface area contributed by atoms with Crippen molar-refractivity contribution in [3.05, 3.63) is 12.2 Å². The molecule has 0 spiro atoms. The summed E-state index contributed by atoms with van der Waals surface area (Å²) in [6, 6.07) is 0. The average molecular weight is 425 g/mol. The van der Waals surface area contributed by atoms with Crippen molar-refractivity contribution in [2.75, 3.05) is 13.2 Å². The predicted octanol–water partition coefficient (Wildman–Crippen LogP) is 7.69. The number of hydrogen-bond donors (Lipinski definition) is 0. The molecule has 0 N–H and O–H groups in total. The molecule has 0 fully saturated rings. The first-order valence-electron chi connectivity index (χ1n) is 12.7. The van der Waals surface area contributed by atoms with E-state index in [9.17, 15) is 9.59 Å². The van der Waals surface area contributed by atoms with Crippen molar-refractivity contribution in [2.24, 2.45) is 0 Å². The lowest BCUT2D eigenvalue weighted by atomic mass is 10.1. The van der Waals surface area contributed by atoms with E-state index in [1.165, 1.54) is 57.8 Å². The van der Waals surface area contributed by atoms with Crippen LogP contribution < -0.4 is 0 Å². The van der Waals surface area contributed by atoms with Gasteiger partial charge in [-0.05, 0) is 32.6 Å². The van der Waals surface area contributed by atoms with Crippen LogP contribution in [0.3, 0.4) is 0 Å². The predicted molar refractivity (Wildman–Crippen MR) is 126 cm³/mol. The highest BCUT2D eigenvalue weighted by atomic mass is 16.5. The highest BCUT2D eigenvalue weighted by Crippen LogP contribution is 2.11. The highest BCUT2D eigenvalue weighted by Gasteiger charge is 2.03. The summed E-state index contributed by atoms with van der Waals surface area (Å²) in [6.45, 7) is 4.96. The molecule has 0 saturated heterocycles. The summed E-state index contributed by atoms with van der Waals surface area (Å²) in [5, 5.41) is 0. The second kappa shape index (κ2) is 24.0. The van der Waals surface area contributed by atoms with Gasteiger partial charge in [-0.25, -0.2) is 0 Å². The van der Waals surface area contributed by atoms with Crippen molar-refractivity contribution in [1.29, 1.82) is 0 Å². The third-order valence-corrected chi connectivity index (χ3v) is 5.30. The van der Waals surface area contributed by atoms with Crippen LogP contribution in [0.2, 0.25) is 0 Å². The van der Waals surface area contributed by atoms with Crippen LogP contribution in [0, 0.1) is 0 Å². The van der Waals surface area contributed by atoms with E-state index < -0.39 is 0 Å². The van der Waals surface area contributed by atoms with Crippen molar-refractivity contribution in [3.63, 3.8) is 0 Å². The van der Waals surface area contributed by atoms with Gasteiger partial charge < -0.3 is 9.47 Å². The molecule has 4 nitrogen and oxygen atoms in total. The van der Waals surface area contributed by atoms with E-state index in [-0.39, 0.29) is 11.9 Å². The highest BCUT2D eigenvalue weighted by molar-refractivity contribution is 5.69. The van der Waals surface area contributed by atoms with E-state index in [1.807, 2.05) is 13.0 Å². The molecule has 30 heavy (non-hydrogen) atoms. The maximum absolute atomic E-state index is 11.7. The number of carbonyl (C=O) groups excluding carboxylic acids is 2. The van der Waals surface area contributed by atoms with Crippen LogP contribution in [-0.4, -0.2) is 25.2 Å². The SMILES string of the molecule is CCCCCCCCCCC/C=C/COC(=O)CCCCCCCCC(=O)OCC. The number of carbonyl (C=O) groups is 2. The summed E-state index contributed by atoms with van der Waals surface area (Å²) < 4.78 is 10.2. The van der Waals surface area contributed by atoms with Crippen LogP contribution in [0.1, 0.15) is 129 Å². The average Bonchev–Trinajstić information content (AvgIpc) is 2.73. The summed E-state index contributed by atoms with van der Waals surface area (Å²) >= 11 is 0. The third-order valence-electron chi connectivity index (χ3n) is 5.30. The van der Waals surface area contributed by atoms with Crippen molar-refractivity contribution in [1.82, 2.24) is 0 Å². The van der Waals surface area contributed by atoms with Crippen LogP contribution in [0.25, 0.3) is 0 Å². The molecular weight excluding hydrogens is 376 g/mol. The number of ether oxygens (including phenoxy) is 2. The Labute approximate surface area is 186 Å². The van der Waals surface area contributed by atoms with Crippen molar-refractivity contribution < 1.29 is 19.1 Å². The van der Waals surface area contributed by atoms with Gasteiger partial charge in [-0.15, -0.1) is 0 Å². The molecule has 0 aliphatic heterocycles. The fourth-order valence-corrected chi connectivity index (χ4v) is 3.45. The Balaban J connectivity index is 3.28. The molecule has 4 heteroatoms. The van der Waals surface area contributed by atoms with Gasteiger partial charge in [0.2, 0.25) is 0 Å². The van der Waals surface area contributed by atoms with E-state index >= 15 is 0 Å². The molecule has 0 saturated carbocycles. The van der Waals surface area contributed by atoms with E-state index in [1.54, 1.807) is 0 Å². The molecule has 0 aromatic rings. The van der Waals surface area contributed by atoms with Gasteiger partial charge >= 0.3 is 11.9 Å². The summed E-state index contributed by atoms with van der Waals surface area (Å²) in [4.78, 5) is 22.9. The molecule has 0 aliphatic rings. The largest absolute Gasteiger partial charge is 0.466 e. The summed E-state index contributed by atoms with van der Waals surface area (Å²) in [7, 11) is 0. The zero-order valence-electron chi connectivity index (χ0n) is 19.9. The van der Waals surface area contributed by atoms with E-state index in [2.05, 4.69) is 13.0 Å². The van der Waals surface area contributed by atoms with Gasteiger partial charge in [-0.2, -0.15) is 0 Å². The Morgan fingerprint density at radius 1 is 0.567 bits per heavy atom. The van der Waals surface area contributed by atoms with E-state index in [4.69, 9.17) is 9.47 Å². The van der Waals surface area contributed by atoms with Gasteiger partial charge in [0.25, 0.3) is 0 Å². The van der Waals surface area contributed by atoms with Crippen LogP contribution in [0.4, 0.5) is 0 Å². The zero-order valence-corrected chi connectivity index (χ0v) is 19.9. The molecule has 0 aliphatic carbocycles. The molecule has 0 amide bonds. The van der Waals surface area contributed by atoms with Crippen LogP contribution in [0.15, 0.2) is 12.2 Å². The number of esters is 2. The Morgan fingerprint density at radius 3 is 1.57 bits per heavy atom. The molecule has 0 atom stereocenters. The molecule has 0 rings (SSSR count). The van der Waals surface area contributed by atoms with E-state index in [0.717, 1.165) is 44.9 Å². The fraction of sp³-hybridized carbons (Fsp3) is 0.846. The fourth-order valence-electron chi connectivity index (χ4n) is 3.45. The third kappa shape index (κ3) is 23.0. The molecular formula is C26H48O4. The molecule has 0 aromatic heterocycles. The number of unbranched alkanes of at least 4 members (excludes halogenated alkanes) is 14. The second-order valence-electron chi connectivity index (χ2n) is 8.20. The molecule has 0 bridgehead atoms. The van der Waals surface area contributed by atoms with Crippen LogP contribution in [0.5, 0.6) is 0 Å². The Bertz CT molecular complexity index is 417. The van der Waals surface area contributed by atoms with Gasteiger partial charge in [-0.1, -0.05) is 96.1 Å². The first-order valence-corrected chi connectivity index (χ1v) is 12.7. The summed E-state index contributed by atoms with van der Waals surface area (Å²) in [5.74, 6) is -0.188. The lowest BCUT2D eigenvalue weighted by Gasteiger charge is -2.03. The lowest BCUT2D eigenvalue weighted by molar-refractivity contribution is -0.143. The maximum atomic E-state index is 11.7. The minimum Gasteiger partial charge on any atom is -0.466 e. The minimum atomic E-state index is -0.0949. The smallest absolute Gasteiger partial charge is 0.306 e. The maximum Gasteiger partial charge on any atom is 0.306 e. The Hall–Kier alpha value is -1.32. The molecule has 0 heterocycles. The topological polar surface area (TPSA) is 52.6 Å². The minimum absolute atomic E-state index is 0.0926. The first-order chi connectivity index (χ1) is 14.7. The standard InChI is InChI=1S/C26H48O4/c1-3-5-6-7-8-9-10-11-12-15-18-21-24-30-26(28)23-20-17-14-13-16-19-22-25(27)29-4-2/h18,21H,3-17,19-20,22-24H2,1-2H3/b21-18+. The van der Waals surface area contributed by atoms with Crippen LogP contribution in [-0.2, 0) is 19.1 Å². The normalized spacial score (nSPS) is 11.1. The summed E-state index contributed by atoms with van der Waals surface area (Å²) in [6.07, 6.45) is 24.5. The number of rotatable bonds is 22. The Kier molecular flexibility index (Phi) is 22.9. The van der Waals surface area contributed by atoms with Crippen molar-refractivity contribution in [3.8, 4) is 0 Å². The van der Waals surface area contributed by atoms with Gasteiger partial charge in [0.1, 0.15) is 6.61 Å². The molecule has 0 unspecified atom stereocenters. The van der Waals surface area contributed by atoms with Gasteiger partial charge in [-0.3, -0.25) is 9.59 Å². The molecule has 176 valence electrons. The van der Waals surface area contributed by atoms with Crippen molar-refractivity contribution >= 4 is 11.9 Å². The van der Waals surface area contributed by atoms with Gasteiger partial charge in [0.15, 0.2) is 0 Å². The van der Waals surface area contributed by atoms with E-state index in [0.29, 0.717) is 26.1 Å². The zero-order chi connectivity index (χ0) is 22.1. The van der Waals surface area contributed by atoms with Crippen molar-refractivity contribution in [2.45, 2.75) is 129 Å². The Morgan fingerprint density at radius 2 is 1.03 bits per heavy atom.